The first-order valence-corrected chi connectivity index (χ1v) is 5.04. The SMILES string of the molecule is CC(C)C[C@@H]1CNc2nonc2CN1. The van der Waals surface area contributed by atoms with Gasteiger partial charge in [0.15, 0.2) is 5.82 Å². The van der Waals surface area contributed by atoms with E-state index in [1.54, 1.807) is 0 Å². The molecule has 0 saturated heterocycles. The summed E-state index contributed by atoms with van der Waals surface area (Å²) in [7, 11) is 0. The number of rotatable bonds is 2. The zero-order valence-corrected chi connectivity index (χ0v) is 8.58. The average molecular weight is 196 g/mol. The van der Waals surface area contributed by atoms with E-state index in [2.05, 4.69) is 39.4 Å². The maximum absolute atomic E-state index is 4.64. The number of anilines is 1. The van der Waals surface area contributed by atoms with Gasteiger partial charge < -0.3 is 10.6 Å². The van der Waals surface area contributed by atoms with Crippen LogP contribution in [0.1, 0.15) is 26.0 Å². The molecule has 0 unspecified atom stereocenters. The lowest BCUT2D eigenvalue weighted by Crippen LogP contribution is -2.34. The largest absolute Gasteiger partial charge is 0.364 e. The smallest absolute Gasteiger partial charge is 0.195 e. The lowest BCUT2D eigenvalue weighted by atomic mass is 10.0. The molecule has 1 aliphatic rings. The second kappa shape index (κ2) is 3.96. The lowest BCUT2D eigenvalue weighted by Gasteiger charge is -2.17. The molecule has 1 aromatic heterocycles. The van der Waals surface area contributed by atoms with Crippen LogP contribution in [0.5, 0.6) is 0 Å². The second-order valence-corrected chi connectivity index (χ2v) is 4.15. The van der Waals surface area contributed by atoms with Crippen LogP contribution in [0.25, 0.3) is 0 Å². The molecule has 0 amide bonds. The third-order valence-corrected chi connectivity index (χ3v) is 2.39. The van der Waals surface area contributed by atoms with Crippen molar-refractivity contribution in [3.63, 3.8) is 0 Å². The van der Waals surface area contributed by atoms with E-state index in [9.17, 15) is 0 Å². The summed E-state index contributed by atoms with van der Waals surface area (Å²) in [5.41, 5.74) is 0.872. The van der Waals surface area contributed by atoms with Gasteiger partial charge in [-0.15, -0.1) is 0 Å². The molecule has 1 atom stereocenters. The summed E-state index contributed by atoms with van der Waals surface area (Å²) in [6, 6.07) is 0.492. The molecule has 0 fully saturated rings. The zero-order valence-electron chi connectivity index (χ0n) is 8.58. The van der Waals surface area contributed by atoms with E-state index >= 15 is 0 Å². The Morgan fingerprint density at radius 2 is 2.36 bits per heavy atom. The molecule has 0 radical (unpaired) electrons. The van der Waals surface area contributed by atoms with Crippen LogP contribution in [0.3, 0.4) is 0 Å². The van der Waals surface area contributed by atoms with Crippen LogP contribution < -0.4 is 10.6 Å². The molecule has 1 aliphatic heterocycles. The summed E-state index contributed by atoms with van der Waals surface area (Å²) in [5, 5.41) is 14.3. The highest BCUT2D eigenvalue weighted by molar-refractivity contribution is 5.39. The van der Waals surface area contributed by atoms with Crippen molar-refractivity contribution in [3.8, 4) is 0 Å². The maximum atomic E-state index is 4.64. The lowest BCUT2D eigenvalue weighted by molar-refractivity contribution is 0.300. The first-order valence-electron chi connectivity index (χ1n) is 5.04. The molecular formula is C9H16N4O. The van der Waals surface area contributed by atoms with Gasteiger partial charge in [-0.2, -0.15) is 0 Å². The Labute approximate surface area is 83.2 Å². The Bertz CT molecular complexity index is 274. The van der Waals surface area contributed by atoms with Gasteiger partial charge in [-0.3, -0.25) is 0 Å². The van der Waals surface area contributed by atoms with Gasteiger partial charge in [-0.25, -0.2) is 4.63 Å². The number of nitrogens with zero attached hydrogens (tertiary/aromatic N) is 2. The maximum Gasteiger partial charge on any atom is 0.195 e. The third kappa shape index (κ3) is 2.04. The Balaban J connectivity index is 1.96. The molecular weight excluding hydrogens is 180 g/mol. The molecule has 0 spiro atoms. The van der Waals surface area contributed by atoms with E-state index in [0.717, 1.165) is 31.0 Å². The van der Waals surface area contributed by atoms with Crippen molar-refractivity contribution in [2.45, 2.75) is 32.9 Å². The Morgan fingerprint density at radius 3 is 3.14 bits per heavy atom. The van der Waals surface area contributed by atoms with Crippen molar-refractivity contribution in [1.29, 1.82) is 0 Å². The first kappa shape index (κ1) is 9.45. The number of nitrogens with one attached hydrogen (secondary N) is 2. The minimum Gasteiger partial charge on any atom is -0.364 e. The molecule has 2 rings (SSSR count). The summed E-state index contributed by atoms with van der Waals surface area (Å²) in [5.74, 6) is 1.48. The second-order valence-electron chi connectivity index (χ2n) is 4.15. The molecule has 14 heavy (non-hydrogen) atoms. The highest BCUT2D eigenvalue weighted by atomic mass is 16.6. The van der Waals surface area contributed by atoms with Gasteiger partial charge in [0.25, 0.3) is 0 Å². The van der Waals surface area contributed by atoms with Crippen LogP contribution in [0.4, 0.5) is 5.82 Å². The van der Waals surface area contributed by atoms with E-state index < -0.39 is 0 Å². The van der Waals surface area contributed by atoms with Crippen molar-refractivity contribution >= 4 is 5.82 Å². The highest BCUT2D eigenvalue weighted by Gasteiger charge is 2.19. The summed E-state index contributed by atoms with van der Waals surface area (Å²) in [4.78, 5) is 0. The van der Waals surface area contributed by atoms with Gasteiger partial charge in [-0.05, 0) is 17.5 Å². The monoisotopic (exact) mass is 196 g/mol. The van der Waals surface area contributed by atoms with Gasteiger partial charge in [-0.1, -0.05) is 19.0 Å². The molecule has 78 valence electrons. The molecule has 0 saturated carbocycles. The molecule has 5 nitrogen and oxygen atoms in total. The Hall–Kier alpha value is -1.10. The molecule has 2 heterocycles. The van der Waals surface area contributed by atoms with Gasteiger partial charge in [0, 0.05) is 19.1 Å². The van der Waals surface area contributed by atoms with Crippen LogP contribution in [-0.2, 0) is 6.54 Å². The molecule has 0 bridgehead atoms. The van der Waals surface area contributed by atoms with Gasteiger partial charge in [0.05, 0.1) is 0 Å². The van der Waals surface area contributed by atoms with Crippen LogP contribution in [0.2, 0.25) is 0 Å². The standard InChI is InChI=1S/C9H16N4O/c1-6(2)3-7-4-11-9-8(5-10-7)12-14-13-9/h6-7,10H,3-5H2,1-2H3,(H,11,13)/t7-/m1/s1. The van der Waals surface area contributed by atoms with Crippen LogP contribution in [0.15, 0.2) is 4.63 Å². The molecule has 1 aromatic rings. The van der Waals surface area contributed by atoms with Crippen molar-refractivity contribution in [3.05, 3.63) is 5.69 Å². The topological polar surface area (TPSA) is 63.0 Å². The minimum atomic E-state index is 0.492. The van der Waals surface area contributed by atoms with E-state index in [-0.39, 0.29) is 0 Å². The molecule has 5 heteroatoms. The highest BCUT2D eigenvalue weighted by Crippen LogP contribution is 2.15. The summed E-state index contributed by atoms with van der Waals surface area (Å²) < 4.78 is 4.64. The van der Waals surface area contributed by atoms with Crippen LogP contribution in [0, 0.1) is 5.92 Å². The van der Waals surface area contributed by atoms with Gasteiger partial charge >= 0.3 is 0 Å². The van der Waals surface area contributed by atoms with Crippen LogP contribution >= 0.6 is 0 Å². The van der Waals surface area contributed by atoms with E-state index in [0.29, 0.717) is 12.0 Å². The normalized spacial score (nSPS) is 21.5. The predicted octanol–water partition coefficient (Wildman–Crippen LogP) is 0.999. The third-order valence-electron chi connectivity index (χ3n) is 2.39. The first-order chi connectivity index (χ1) is 6.75. The van der Waals surface area contributed by atoms with Gasteiger partial charge in [0.1, 0.15) is 5.69 Å². The zero-order chi connectivity index (χ0) is 9.97. The van der Waals surface area contributed by atoms with Crippen molar-refractivity contribution in [1.82, 2.24) is 15.6 Å². The van der Waals surface area contributed by atoms with Crippen molar-refractivity contribution < 1.29 is 4.63 Å². The quantitative estimate of drug-likeness (QED) is 0.738. The number of hydrogen-bond donors (Lipinski definition) is 2. The fourth-order valence-electron chi connectivity index (χ4n) is 1.73. The summed E-state index contributed by atoms with van der Waals surface area (Å²) in [6.07, 6.45) is 1.16. The summed E-state index contributed by atoms with van der Waals surface area (Å²) >= 11 is 0. The van der Waals surface area contributed by atoms with E-state index in [1.807, 2.05) is 0 Å². The van der Waals surface area contributed by atoms with Crippen molar-refractivity contribution in [2.24, 2.45) is 5.92 Å². The van der Waals surface area contributed by atoms with Crippen LogP contribution in [-0.4, -0.2) is 22.9 Å². The summed E-state index contributed by atoms with van der Waals surface area (Å²) in [6.45, 7) is 6.08. The van der Waals surface area contributed by atoms with Crippen molar-refractivity contribution in [2.75, 3.05) is 11.9 Å². The average Bonchev–Trinajstić information content (AvgIpc) is 2.50. The molecule has 0 aliphatic carbocycles. The minimum absolute atomic E-state index is 0.492. The number of fused-ring (bicyclic) bond motifs is 1. The number of aromatic nitrogens is 2. The fraction of sp³-hybridized carbons (Fsp3) is 0.778. The van der Waals surface area contributed by atoms with E-state index in [1.165, 1.54) is 0 Å². The van der Waals surface area contributed by atoms with Gasteiger partial charge in [0.2, 0.25) is 0 Å². The molecule has 2 N–H and O–H groups in total. The Morgan fingerprint density at radius 1 is 1.50 bits per heavy atom. The predicted molar refractivity (Wildman–Crippen MR) is 52.9 cm³/mol. The molecule has 0 aromatic carbocycles. The Kier molecular flexibility index (Phi) is 2.67. The number of hydrogen-bond acceptors (Lipinski definition) is 5. The van der Waals surface area contributed by atoms with E-state index in [4.69, 9.17) is 0 Å². The fourth-order valence-corrected chi connectivity index (χ4v) is 1.73.